The van der Waals surface area contributed by atoms with Crippen molar-refractivity contribution in [3.63, 3.8) is 0 Å². The van der Waals surface area contributed by atoms with Crippen LogP contribution in [0.2, 0.25) is 5.02 Å². The summed E-state index contributed by atoms with van der Waals surface area (Å²) in [4.78, 5) is 28.5. The van der Waals surface area contributed by atoms with Crippen LogP contribution in [0.25, 0.3) is 22.2 Å². The smallest absolute Gasteiger partial charge is 0.289 e. The highest BCUT2D eigenvalue weighted by Gasteiger charge is 2.18. The predicted octanol–water partition coefficient (Wildman–Crippen LogP) is 5.73. The summed E-state index contributed by atoms with van der Waals surface area (Å²) in [6.07, 6.45) is 0. The first-order valence-electron chi connectivity index (χ1n) is 9.78. The molecule has 0 saturated heterocycles. The van der Waals surface area contributed by atoms with Gasteiger partial charge in [-0.05, 0) is 42.5 Å². The highest BCUT2D eigenvalue weighted by Crippen LogP contribution is 2.33. The van der Waals surface area contributed by atoms with E-state index in [-0.39, 0.29) is 16.4 Å². The molecule has 1 N–H and O–H groups in total. The van der Waals surface area contributed by atoms with Crippen molar-refractivity contribution in [2.24, 2.45) is 0 Å². The number of aromatic nitrogens is 1. The minimum atomic E-state index is -0.602. The zero-order valence-electron chi connectivity index (χ0n) is 17.7. The van der Waals surface area contributed by atoms with E-state index in [2.05, 4.69) is 5.32 Å². The zero-order valence-corrected chi connectivity index (χ0v) is 18.4. The summed E-state index contributed by atoms with van der Waals surface area (Å²) in [5.74, 6) is 0.667. The number of rotatable bonds is 6. The topological polar surface area (TPSA) is 104 Å². The van der Waals surface area contributed by atoms with E-state index in [1.54, 1.807) is 38.5 Å². The summed E-state index contributed by atoms with van der Waals surface area (Å²) < 4.78 is 10.7. The van der Waals surface area contributed by atoms with E-state index in [4.69, 9.17) is 26.1 Å². The number of benzene rings is 3. The number of pyridine rings is 1. The van der Waals surface area contributed by atoms with E-state index in [0.29, 0.717) is 33.7 Å². The molecule has 0 saturated carbocycles. The van der Waals surface area contributed by atoms with Crippen LogP contribution in [0.1, 0.15) is 10.4 Å². The summed E-state index contributed by atoms with van der Waals surface area (Å²) in [6, 6.07) is 18.4. The molecule has 0 fully saturated rings. The monoisotopic (exact) mass is 463 g/mol. The number of methoxy groups -OCH3 is 2. The number of amides is 1. The fourth-order valence-electron chi connectivity index (χ4n) is 3.44. The van der Waals surface area contributed by atoms with Crippen LogP contribution in [0, 0.1) is 10.1 Å². The van der Waals surface area contributed by atoms with E-state index in [0.717, 1.165) is 5.56 Å². The van der Waals surface area contributed by atoms with Crippen molar-refractivity contribution >= 4 is 39.8 Å². The number of halogens is 1. The van der Waals surface area contributed by atoms with Gasteiger partial charge in [-0.15, -0.1) is 0 Å². The molecule has 1 heterocycles. The number of nitrogens with zero attached hydrogens (tertiary/aromatic N) is 2. The number of carbonyl (C=O) groups excluding carboxylic acids is 1. The molecular weight excluding hydrogens is 446 g/mol. The van der Waals surface area contributed by atoms with Gasteiger partial charge in [-0.1, -0.05) is 29.8 Å². The third-order valence-electron chi connectivity index (χ3n) is 5.04. The summed E-state index contributed by atoms with van der Waals surface area (Å²) >= 11 is 5.88. The van der Waals surface area contributed by atoms with Gasteiger partial charge in [-0.2, -0.15) is 0 Å². The van der Waals surface area contributed by atoms with Gasteiger partial charge in [-0.25, -0.2) is 4.98 Å². The molecule has 4 aromatic rings. The molecule has 0 aliphatic rings. The molecule has 0 radical (unpaired) electrons. The number of nitro groups is 1. The Bertz CT molecular complexity index is 1390. The molecule has 0 bridgehead atoms. The van der Waals surface area contributed by atoms with Gasteiger partial charge in [0, 0.05) is 22.7 Å². The Balaban J connectivity index is 1.79. The Morgan fingerprint density at radius 1 is 1.00 bits per heavy atom. The normalized spacial score (nSPS) is 10.6. The molecule has 4 rings (SSSR count). The molecule has 0 atom stereocenters. The summed E-state index contributed by atoms with van der Waals surface area (Å²) in [5.41, 5.74) is 2.24. The van der Waals surface area contributed by atoms with Gasteiger partial charge in [0.2, 0.25) is 0 Å². The second kappa shape index (κ2) is 9.13. The number of nitrogens with one attached hydrogen (secondary N) is 1. The number of nitro benzene ring substituents is 1. The first-order valence-corrected chi connectivity index (χ1v) is 10.2. The first kappa shape index (κ1) is 22.0. The third-order valence-corrected chi connectivity index (χ3v) is 5.36. The zero-order chi connectivity index (χ0) is 23.5. The second-order valence-corrected chi connectivity index (χ2v) is 7.43. The fraction of sp³-hybridized carbons (Fsp3) is 0.0833. The molecule has 0 aliphatic carbocycles. The first-order chi connectivity index (χ1) is 15.9. The van der Waals surface area contributed by atoms with E-state index in [1.165, 1.54) is 18.2 Å². The lowest BCUT2D eigenvalue weighted by Gasteiger charge is -2.12. The SMILES string of the molecule is COc1ccc(-c2cc(C(=O)Nc3ccc(Cl)c([N+](=O)[O-])c3)c3ccccc3n2)cc1OC. The Morgan fingerprint density at radius 2 is 1.76 bits per heavy atom. The molecule has 0 unspecified atom stereocenters. The predicted molar refractivity (Wildman–Crippen MR) is 126 cm³/mol. The number of para-hydroxylation sites is 1. The second-order valence-electron chi connectivity index (χ2n) is 7.02. The third kappa shape index (κ3) is 4.42. The van der Waals surface area contributed by atoms with Gasteiger partial charge >= 0.3 is 0 Å². The lowest BCUT2D eigenvalue weighted by atomic mass is 10.0. The highest BCUT2D eigenvalue weighted by molar-refractivity contribution is 6.32. The van der Waals surface area contributed by atoms with Crippen LogP contribution in [0.15, 0.2) is 66.7 Å². The molecule has 8 nitrogen and oxygen atoms in total. The standard InChI is InChI=1S/C24H18ClN3O5/c1-32-22-10-7-14(11-23(22)33-2)20-13-17(16-5-3-4-6-19(16)27-20)24(29)26-15-8-9-18(25)21(12-15)28(30)31/h3-13H,1-2H3,(H,26,29). The van der Waals surface area contributed by atoms with E-state index in [1.807, 2.05) is 24.3 Å². The minimum absolute atomic E-state index is 0.0110. The molecule has 3 aromatic carbocycles. The Labute approximate surface area is 193 Å². The highest BCUT2D eigenvalue weighted by atomic mass is 35.5. The Kier molecular flexibility index (Phi) is 6.10. The fourth-order valence-corrected chi connectivity index (χ4v) is 3.62. The Morgan fingerprint density at radius 3 is 2.48 bits per heavy atom. The summed E-state index contributed by atoms with van der Waals surface area (Å²) in [6.45, 7) is 0. The summed E-state index contributed by atoms with van der Waals surface area (Å²) in [7, 11) is 3.09. The van der Waals surface area contributed by atoms with Crippen molar-refractivity contribution in [1.29, 1.82) is 0 Å². The van der Waals surface area contributed by atoms with Gasteiger partial charge < -0.3 is 14.8 Å². The van der Waals surface area contributed by atoms with Crippen molar-refractivity contribution in [2.45, 2.75) is 0 Å². The number of carbonyl (C=O) groups is 1. The van der Waals surface area contributed by atoms with Crippen LogP contribution >= 0.6 is 11.6 Å². The van der Waals surface area contributed by atoms with Gasteiger partial charge in [0.1, 0.15) is 5.02 Å². The maximum atomic E-state index is 13.2. The number of hydrogen-bond acceptors (Lipinski definition) is 6. The molecular formula is C24H18ClN3O5. The molecule has 1 amide bonds. The largest absolute Gasteiger partial charge is 0.493 e. The lowest BCUT2D eigenvalue weighted by Crippen LogP contribution is -2.13. The van der Waals surface area contributed by atoms with Crippen LogP contribution in [0.5, 0.6) is 11.5 Å². The van der Waals surface area contributed by atoms with Crippen LogP contribution < -0.4 is 14.8 Å². The van der Waals surface area contributed by atoms with Crippen molar-refractivity contribution in [1.82, 2.24) is 4.98 Å². The quantitative estimate of drug-likeness (QED) is 0.289. The summed E-state index contributed by atoms with van der Waals surface area (Å²) in [5, 5.41) is 14.5. The lowest BCUT2D eigenvalue weighted by molar-refractivity contribution is -0.384. The average Bonchev–Trinajstić information content (AvgIpc) is 2.83. The number of fused-ring (bicyclic) bond motifs is 1. The van der Waals surface area contributed by atoms with Gasteiger partial charge in [0.25, 0.3) is 11.6 Å². The number of ether oxygens (including phenoxy) is 2. The van der Waals surface area contributed by atoms with Crippen LogP contribution in [0.4, 0.5) is 11.4 Å². The molecule has 0 spiro atoms. The van der Waals surface area contributed by atoms with Crippen LogP contribution in [-0.4, -0.2) is 30.0 Å². The number of anilines is 1. The molecule has 0 aliphatic heterocycles. The van der Waals surface area contributed by atoms with Crippen molar-refractivity contribution in [3.05, 3.63) is 87.4 Å². The maximum absolute atomic E-state index is 13.2. The molecule has 33 heavy (non-hydrogen) atoms. The van der Waals surface area contributed by atoms with Gasteiger partial charge in [0.15, 0.2) is 11.5 Å². The van der Waals surface area contributed by atoms with Crippen LogP contribution in [0.3, 0.4) is 0 Å². The van der Waals surface area contributed by atoms with Crippen molar-refractivity contribution in [3.8, 4) is 22.8 Å². The molecule has 1 aromatic heterocycles. The maximum Gasteiger partial charge on any atom is 0.289 e. The Hall–Kier alpha value is -4.17. The molecule has 166 valence electrons. The van der Waals surface area contributed by atoms with Gasteiger partial charge in [-0.3, -0.25) is 14.9 Å². The van der Waals surface area contributed by atoms with E-state index < -0.39 is 10.8 Å². The number of hydrogen-bond donors (Lipinski definition) is 1. The molecule has 9 heteroatoms. The average molecular weight is 464 g/mol. The van der Waals surface area contributed by atoms with Crippen molar-refractivity contribution in [2.75, 3.05) is 19.5 Å². The minimum Gasteiger partial charge on any atom is -0.493 e. The van der Waals surface area contributed by atoms with Crippen LogP contribution in [-0.2, 0) is 0 Å². The van der Waals surface area contributed by atoms with Gasteiger partial charge in [0.05, 0.1) is 35.9 Å². The van der Waals surface area contributed by atoms with Crippen molar-refractivity contribution < 1.29 is 19.2 Å². The van der Waals surface area contributed by atoms with E-state index in [9.17, 15) is 14.9 Å². The van der Waals surface area contributed by atoms with E-state index >= 15 is 0 Å².